The Balaban J connectivity index is 1.89. The molecule has 3 heteroatoms. The Labute approximate surface area is 100 Å². The molecule has 0 aliphatic rings. The number of halogens is 1. The molecular weight excluding hydrogens is 222 g/mol. The van der Waals surface area contributed by atoms with Gasteiger partial charge < -0.3 is 9.73 Å². The van der Waals surface area contributed by atoms with Gasteiger partial charge in [-0.1, -0.05) is 29.8 Å². The quantitative estimate of drug-likeness (QED) is 0.877. The monoisotopic (exact) mass is 235 g/mol. The summed E-state index contributed by atoms with van der Waals surface area (Å²) >= 11 is 6.05. The zero-order valence-corrected chi connectivity index (χ0v) is 9.92. The highest BCUT2D eigenvalue weighted by Gasteiger charge is 2.02. The fourth-order valence-electron chi connectivity index (χ4n) is 1.54. The molecule has 2 rings (SSSR count). The molecule has 84 valence electrons. The molecule has 0 radical (unpaired) electrons. The molecule has 0 spiro atoms. The highest BCUT2D eigenvalue weighted by Crippen LogP contribution is 2.15. The number of furan rings is 1. The lowest BCUT2D eigenvalue weighted by Crippen LogP contribution is -2.13. The van der Waals surface area contributed by atoms with Gasteiger partial charge in [-0.3, -0.25) is 0 Å². The molecule has 0 atom stereocenters. The summed E-state index contributed by atoms with van der Waals surface area (Å²) in [7, 11) is 0. The van der Waals surface area contributed by atoms with Crippen molar-refractivity contribution in [3.8, 4) is 0 Å². The van der Waals surface area contributed by atoms with Gasteiger partial charge in [0, 0.05) is 11.6 Å². The van der Waals surface area contributed by atoms with E-state index in [9.17, 15) is 0 Å². The smallest absolute Gasteiger partial charge is 0.120 e. The SMILES string of the molecule is Cc1ccoc1CNCc1ccccc1Cl. The second-order valence-corrected chi connectivity index (χ2v) is 4.13. The summed E-state index contributed by atoms with van der Waals surface area (Å²) in [6.07, 6.45) is 1.71. The third-order valence-corrected chi connectivity index (χ3v) is 2.90. The van der Waals surface area contributed by atoms with Gasteiger partial charge in [0.15, 0.2) is 0 Å². The molecule has 0 saturated carbocycles. The van der Waals surface area contributed by atoms with E-state index in [1.807, 2.05) is 37.3 Å². The Hall–Kier alpha value is -1.25. The average molecular weight is 236 g/mol. The maximum atomic E-state index is 6.05. The fraction of sp³-hybridized carbons (Fsp3) is 0.231. The third kappa shape index (κ3) is 2.65. The van der Waals surface area contributed by atoms with Gasteiger partial charge >= 0.3 is 0 Å². The molecule has 1 heterocycles. The van der Waals surface area contributed by atoms with Crippen LogP contribution < -0.4 is 5.32 Å². The second kappa shape index (κ2) is 5.19. The van der Waals surface area contributed by atoms with Crippen molar-refractivity contribution in [2.45, 2.75) is 20.0 Å². The van der Waals surface area contributed by atoms with Crippen LogP contribution in [0.2, 0.25) is 5.02 Å². The number of aryl methyl sites for hydroxylation is 1. The number of nitrogens with one attached hydrogen (secondary N) is 1. The molecule has 2 aromatic rings. The minimum atomic E-state index is 0.726. The predicted molar refractivity (Wildman–Crippen MR) is 65.4 cm³/mol. The Bertz CT molecular complexity index is 464. The van der Waals surface area contributed by atoms with Crippen molar-refractivity contribution < 1.29 is 4.42 Å². The van der Waals surface area contributed by atoms with Crippen LogP contribution in [0.3, 0.4) is 0 Å². The highest BCUT2D eigenvalue weighted by molar-refractivity contribution is 6.31. The number of benzene rings is 1. The van der Waals surface area contributed by atoms with E-state index in [0.29, 0.717) is 0 Å². The third-order valence-electron chi connectivity index (χ3n) is 2.53. The lowest BCUT2D eigenvalue weighted by molar-refractivity contribution is 0.480. The van der Waals surface area contributed by atoms with Crippen molar-refractivity contribution in [2.24, 2.45) is 0 Å². The van der Waals surface area contributed by atoms with Crippen molar-refractivity contribution in [1.82, 2.24) is 5.32 Å². The molecule has 1 N–H and O–H groups in total. The fourth-order valence-corrected chi connectivity index (χ4v) is 1.74. The van der Waals surface area contributed by atoms with Crippen LogP contribution >= 0.6 is 11.6 Å². The molecule has 0 unspecified atom stereocenters. The molecular formula is C13H14ClNO. The molecule has 1 aromatic carbocycles. The van der Waals surface area contributed by atoms with Crippen molar-refractivity contribution in [1.29, 1.82) is 0 Å². The van der Waals surface area contributed by atoms with Gasteiger partial charge in [0.2, 0.25) is 0 Å². The maximum Gasteiger partial charge on any atom is 0.120 e. The van der Waals surface area contributed by atoms with E-state index in [2.05, 4.69) is 5.32 Å². The molecule has 0 aliphatic heterocycles. The van der Waals surface area contributed by atoms with Gasteiger partial charge in [-0.2, -0.15) is 0 Å². The van der Waals surface area contributed by atoms with Crippen LogP contribution in [0.15, 0.2) is 41.0 Å². The van der Waals surface area contributed by atoms with E-state index in [4.69, 9.17) is 16.0 Å². The standard InChI is InChI=1S/C13H14ClNO/c1-10-6-7-16-13(10)9-15-8-11-4-2-3-5-12(11)14/h2-7,15H,8-9H2,1H3. The Morgan fingerprint density at radius 2 is 2.00 bits per heavy atom. The zero-order chi connectivity index (χ0) is 11.4. The number of rotatable bonds is 4. The maximum absolute atomic E-state index is 6.05. The topological polar surface area (TPSA) is 25.2 Å². The molecule has 0 aliphatic carbocycles. The van der Waals surface area contributed by atoms with Crippen molar-refractivity contribution in [3.05, 3.63) is 58.5 Å². The van der Waals surface area contributed by atoms with Crippen molar-refractivity contribution >= 4 is 11.6 Å². The first-order chi connectivity index (χ1) is 7.77. The summed E-state index contributed by atoms with van der Waals surface area (Å²) in [4.78, 5) is 0. The van der Waals surface area contributed by atoms with Gasteiger partial charge in [-0.15, -0.1) is 0 Å². The summed E-state index contributed by atoms with van der Waals surface area (Å²) in [6, 6.07) is 9.80. The van der Waals surface area contributed by atoms with Gasteiger partial charge in [0.25, 0.3) is 0 Å². The van der Waals surface area contributed by atoms with Crippen LogP contribution in [0.4, 0.5) is 0 Å². The second-order valence-electron chi connectivity index (χ2n) is 3.72. The largest absolute Gasteiger partial charge is 0.468 e. The van der Waals surface area contributed by atoms with Crippen LogP contribution in [0, 0.1) is 6.92 Å². The van der Waals surface area contributed by atoms with Gasteiger partial charge in [0.05, 0.1) is 12.8 Å². The van der Waals surface area contributed by atoms with Crippen LogP contribution in [0.25, 0.3) is 0 Å². The molecule has 16 heavy (non-hydrogen) atoms. The first-order valence-electron chi connectivity index (χ1n) is 5.24. The highest BCUT2D eigenvalue weighted by atomic mass is 35.5. The van der Waals surface area contributed by atoms with Crippen LogP contribution in [0.5, 0.6) is 0 Å². The van der Waals surface area contributed by atoms with Gasteiger partial charge in [-0.05, 0) is 30.2 Å². The van der Waals surface area contributed by atoms with Crippen molar-refractivity contribution in [2.75, 3.05) is 0 Å². The Kier molecular flexibility index (Phi) is 3.65. The number of hydrogen-bond donors (Lipinski definition) is 1. The van der Waals surface area contributed by atoms with E-state index < -0.39 is 0 Å². The molecule has 0 bridgehead atoms. The van der Waals surface area contributed by atoms with Gasteiger partial charge in [0.1, 0.15) is 5.76 Å². The molecule has 1 aromatic heterocycles. The van der Waals surface area contributed by atoms with E-state index in [0.717, 1.165) is 29.4 Å². The van der Waals surface area contributed by atoms with Crippen LogP contribution in [-0.2, 0) is 13.1 Å². The van der Waals surface area contributed by atoms with E-state index in [1.54, 1.807) is 6.26 Å². The Morgan fingerprint density at radius 1 is 1.19 bits per heavy atom. The summed E-state index contributed by atoms with van der Waals surface area (Å²) < 4.78 is 5.34. The minimum absolute atomic E-state index is 0.726. The zero-order valence-electron chi connectivity index (χ0n) is 9.16. The summed E-state index contributed by atoms with van der Waals surface area (Å²) in [5.74, 6) is 0.979. The van der Waals surface area contributed by atoms with Gasteiger partial charge in [-0.25, -0.2) is 0 Å². The van der Waals surface area contributed by atoms with Crippen LogP contribution in [0.1, 0.15) is 16.9 Å². The first kappa shape index (κ1) is 11.2. The lowest BCUT2D eigenvalue weighted by Gasteiger charge is -2.05. The molecule has 0 amide bonds. The van der Waals surface area contributed by atoms with E-state index in [1.165, 1.54) is 5.56 Å². The molecule has 2 nitrogen and oxygen atoms in total. The van der Waals surface area contributed by atoms with E-state index >= 15 is 0 Å². The summed E-state index contributed by atoms with van der Waals surface area (Å²) in [5.41, 5.74) is 2.28. The summed E-state index contributed by atoms with van der Waals surface area (Å²) in [6.45, 7) is 3.51. The van der Waals surface area contributed by atoms with Crippen molar-refractivity contribution in [3.63, 3.8) is 0 Å². The normalized spacial score (nSPS) is 10.6. The Morgan fingerprint density at radius 3 is 2.69 bits per heavy atom. The predicted octanol–water partition coefficient (Wildman–Crippen LogP) is 3.53. The summed E-state index contributed by atoms with van der Waals surface area (Å²) in [5, 5.41) is 4.10. The lowest BCUT2D eigenvalue weighted by atomic mass is 10.2. The van der Waals surface area contributed by atoms with Crippen LogP contribution in [-0.4, -0.2) is 0 Å². The molecule has 0 fully saturated rings. The van der Waals surface area contributed by atoms with E-state index in [-0.39, 0.29) is 0 Å². The molecule has 0 saturated heterocycles. The number of hydrogen-bond acceptors (Lipinski definition) is 2. The minimum Gasteiger partial charge on any atom is -0.468 e. The average Bonchev–Trinajstić information content (AvgIpc) is 2.67. The first-order valence-corrected chi connectivity index (χ1v) is 5.62.